The van der Waals surface area contributed by atoms with Crippen molar-refractivity contribution in [2.75, 3.05) is 0 Å². The third kappa shape index (κ3) is 1.72. The maximum atomic E-state index is 9.35. The van der Waals surface area contributed by atoms with Gasteiger partial charge in [-0.25, -0.2) is 0 Å². The smallest absolute Gasteiger partial charge is 0.0542 e. The van der Waals surface area contributed by atoms with Crippen molar-refractivity contribution in [2.45, 2.75) is 45.6 Å². The van der Waals surface area contributed by atoms with E-state index in [2.05, 4.69) is 6.92 Å². The molecule has 1 aliphatic rings. The molecule has 10 heavy (non-hydrogen) atoms. The van der Waals surface area contributed by atoms with Crippen molar-refractivity contribution in [2.24, 2.45) is 11.8 Å². The molecule has 0 aromatic rings. The normalized spacial score (nSPS) is 37.5. The van der Waals surface area contributed by atoms with E-state index >= 15 is 0 Å². The Labute approximate surface area is 63.4 Å². The largest absolute Gasteiger partial charge is 0.393 e. The Morgan fingerprint density at radius 3 is 2.30 bits per heavy atom. The lowest BCUT2D eigenvalue weighted by Gasteiger charge is -2.30. The fourth-order valence-corrected chi connectivity index (χ4v) is 2.06. The van der Waals surface area contributed by atoms with Crippen LogP contribution in [0.25, 0.3) is 0 Å². The summed E-state index contributed by atoms with van der Waals surface area (Å²) in [5.74, 6) is 1.32. The van der Waals surface area contributed by atoms with Crippen molar-refractivity contribution < 1.29 is 5.11 Å². The molecule has 0 saturated heterocycles. The number of hydrogen-bond donors (Lipinski definition) is 1. The summed E-state index contributed by atoms with van der Waals surface area (Å²) in [4.78, 5) is 0. The molecule has 0 heterocycles. The van der Waals surface area contributed by atoms with Crippen molar-refractivity contribution in [3.63, 3.8) is 0 Å². The fourth-order valence-electron chi connectivity index (χ4n) is 2.06. The van der Waals surface area contributed by atoms with Crippen molar-refractivity contribution in [3.8, 4) is 0 Å². The van der Waals surface area contributed by atoms with Crippen LogP contribution < -0.4 is 0 Å². The van der Waals surface area contributed by atoms with E-state index in [1.165, 1.54) is 25.7 Å². The second-order valence-electron chi connectivity index (χ2n) is 3.67. The monoisotopic (exact) mass is 142 g/mol. The summed E-state index contributed by atoms with van der Waals surface area (Å²) < 4.78 is 0. The van der Waals surface area contributed by atoms with Crippen molar-refractivity contribution >= 4 is 0 Å². The first kappa shape index (κ1) is 8.06. The van der Waals surface area contributed by atoms with Crippen LogP contribution in [0.2, 0.25) is 0 Å². The van der Waals surface area contributed by atoms with Crippen LogP contribution in [0.15, 0.2) is 0 Å². The molecule has 0 aromatic carbocycles. The lowest BCUT2D eigenvalue weighted by atomic mass is 9.78. The zero-order valence-corrected chi connectivity index (χ0v) is 7.01. The quantitative estimate of drug-likeness (QED) is 0.595. The van der Waals surface area contributed by atoms with Gasteiger partial charge < -0.3 is 5.11 Å². The summed E-state index contributed by atoms with van der Waals surface area (Å²) >= 11 is 0. The van der Waals surface area contributed by atoms with E-state index in [1.807, 2.05) is 6.92 Å². The molecule has 3 atom stereocenters. The zero-order chi connectivity index (χ0) is 7.56. The Bertz CT molecular complexity index is 98.9. The molecule has 0 aromatic heterocycles. The van der Waals surface area contributed by atoms with Crippen molar-refractivity contribution in [3.05, 3.63) is 0 Å². The van der Waals surface area contributed by atoms with E-state index in [0.717, 1.165) is 5.92 Å². The van der Waals surface area contributed by atoms with Gasteiger partial charge in [0, 0.05) is 0 Å². The minimum absolute atomic E-state index is 0.0877. The molecule has 1 N–H and O–H groups in total. The molecule has 1 nitrogen and oxygen atoms in total. The van der Waals surface area contributed by atoms with Gasteiger partial charge in [-0.05, 0) is 25.2 Å². The maximum absolute atomic E-state index is 9.35. The number of aliphatic hydroxyl groups excluding tert-OH is 1. The van der Waals surface area contributed by atoms with E-state index in [1.54, 1.807) is 0 Å². The Morgan fingerprint density at radius 1 is 1.30 bits per heavy atom. The van der Waals surface area contributed by atoms with Crippen LogP contribution in [-0.4, -0.2) is 11.2 Å². The SMILES string of the molecule is CC(O)[C@@H]1CCCCC1C. The van der Waals surface area contributed by atoms with Gasteiger partial charge in [-0.15, -0.1) is 0 Å². The first-order valence-corrected chi connectivity index (χ1v) is 4.40. The first-order valence-electron chi connectivity index (χ1n) is 4.40. The van der Waals surface area contributed by atoms with Crippen LogP contribution in [0, 0.1) is 11.8 Å². The molecule has 1 fully saturated rings. The number of aliphatic hydroxyl groups is 1. The predicted octanol–water partition coefficient (Wildman–Crippen LogP) is 2.19. The van der Waals surface area contributed by atoms with Crippen molar-refractivity contribution in [1.29, 1.82) is 0 Å². The van der Waals surface area contributed by atoms with Crippen LogP contribution in [0.3, 0.4) is 0 Å². The number of hydrogen-bond acceptors (Lipinski definition) is 1. The average molecular weight is 142 g/mol. The molecular weight excluding hydrogens is 124 g/mol. The Balaban J connectivity index is 2.40. The molecule has 0 amide bonds. The minimum Gasteiger partial charge on any atom is -0.393 e. The molecule has 0 radical (unpaired) electrons. The summed E-state index contributed by atoms with van der Waals surface area (Å²) in [7, 11) is 0. The highest BCUT2D eigenvalue weighted by Crippen LogP contribution is 2.31. The molecule has 1 rings (SSSR count). The van der Waals surface area contributed by atoms with Gasteiger partial charge in [0.1, 0.15) is 0 Å². The minimum atomic E-state index is -0.0877. The highest BCUT2D eigenvalue weighted by molar-refractivity contribution is 4.75. The molecular formula is C9H18O. The van der Waals surface area contributed by atoms with Gasteiger partial charge in [0.05, 0.1) is 6.10 Å². The Kier molecular flexibility index (Phi) is 2.72. The van der Waals surface area contributed by atoms with Crippen LogP contribution in [0.5, 0.6) is 0 Å². The first-order chi connectivity index (χ1) is 4.72. The van der Waals surface area contributed by atoms with E-state index in [9.17, 15) is 5.11 Å². The van der Waals surface area contributed by atoms with E-state index in [4.69, 9.17) is 0 Å². The van der Waals surface area contributed by atoms with Crippen LogP contribution in [-0.2, 0) is 0 Å². The third-order valence-electron chi connectivity index (χ3n) is 2.80. The molecule has 1 aliphatic carbocycles. The molecule has 0 bridgehead atoms. The number of rotatable bonds is 1. The van der Waals surface area contributed by atoms with Gasteiger partial charge in [-0.1, -0.05) is 26.2 Å². The highest BCUT2D eigenvalue weighted by atomic mass is 16.3. The molecule has 1 heteroatoms. The Morgan fingerprint density at radius 2 is 1.90 bits per heavy atom. The summed E-state index contributed by atoms with van der Waals surface area (Å²) in [6.45, 7) is 4.18. The highest BCUT2D eigenvalue weighted by Gasteiger charge is 2.24. The van der Waals surface area contributed by atoms with Gasteiger partial charge in [-0.2, -0.15) is 0 Å². The van der Waals surface area contributed by atoms with Crippen LogP contribution >= 0.6 is 0 Å². The predicted molar refractivity (Wildman–Crippen MR) is 42.8 cm³/mol. The van der Waals surface area contributed by atoms with Crippen LogP contribution in [0.1, 0.15) is 39.5 Å². The van der Waals surface area contributed by atoms with E-state index in [-0.39, 0.29) is 6.10 Å². The summed E-state index contributed by atoms with van der Waals surface area (Å²) in [5, 5.41) is 9.35. The topological polar surface area (TPSA) is 20.2 Å². The second kappa shape index (κ2) is 3.38. The van der Waals surface area contributed by atoms with Gasteiger partial charge in [0.25, 0.3) is 0 Å². The zero-order valence-electron chi connectivity index (χ0n) is 7.01. The summed E-state index contributed by atoms with van der Waals surface area (Å²) in [6, 6.07) is 0. The van der Waals surface area contributed by atoms with Crippen molar-refractivity contribution in [1.82, 2.24) is 0 Å². The molecule has 2 unspecified atom stereocenters. The van der Waals surface area contributed by atoms with Gasteiger partial charge in [0.2, 0.25) is 0 Å². The lowest BCUT2D eigenvalue weighted by molar-refractivity contribution is 0.0678. The van der Waals surface area contributed by atoms with E-state index < -0.39 is 0 Å². The molecule has 60 valence electrons. The maximum Gasteiger partial charge on any atom is 0.0542 e. The fraction of sp³-hybridized carbons (Fsp3) is 1.00. The average Bonchev–Trinajstić information content (AvgIpc) is 1.88. The third-order valence-corrected chi connectivity index (χ3v) is 2.80. The molecule has 0 aliphatic heterocycles. The van der Waals surface area contributed by atoms with Gasteiger partial charge in [0.15, 0.2) is 0 Å². The Hall–Kier alpha value is -0.0400. The van der Waals surface area contributed by atoms with Crippen LogP contribution in [0.4, 0.5) is 0 Å². The standard InChI is InChI=1S/C9H18O/c1-7-5-3-4-6-9(7)8(2)10/h7-10H,3-6H2,1-2H3/t7?,8?,9-/m1/s1. The van der Waals surface area contributed by atoms with Gasteiger partial charge in [-0.3, -0.25) is 0 Å². The lowest BCUT2D eigenvalue weighted by Crippen LogP contribution is -2.26. The summed E-state index contributed by atoms with van der Waals surface area (Å²) in [6.07, 6.45) is 5.15. The summed E-state index contributed by atoms with van der Waals surface area (Å²) in [5.41, 5.74) is 0. The molecule has 0 spiro atoms. The van der Waals surface area contributed by atoms with E-state index in [0.29, 0.717) is 5.92 Å². The second-order valence-corrected chi connectivity index (χ2v) is 3.67. The van der Waals surface area contributed by atoms with Gasteiger partial charge >= 0.3 is 0 Å². The molecule has 1 saturated carbocycles.